The molecule has 10 rings (SSSR count). The van der Waals surface area contributed by atoms with E-state index >= 15 is 0 Å². The zero-order valence-electron chi connectivity index (χ0n) is 27.1. The first-order valence-electron chi connectivity index (χ1n) is 16.9. The maximum Gasteiger partial charge on any atom is 0.418 e. The van der Waals surface area contributed by atoms with Gasteiger partial charge in [0.05, 0.1) is 11.0 Å². The Morgan fingerprint density at radius 1 is 0.380 bits per heavy atom. The first-order valence-corrected chi connectivity index (χ1v) is 17.7. The van der Waals surface area contributed by atoms with Crippen molar-refractivity contribution in [3.8, 4) is 39.3 Å². The van der Waals surface area contributed by atoms with Gasteiger partial charge in [-0.05, 0) is 65.2 Å². The Hall–Kier alpha value is -6.36. The lowest BCUT2D eigenvalue weighted by atomic mass is 10.0. The zero-order valence-corrected chi connectivity index (χ0v) is 28.0. The van der Waals surface area contributed by atoms with Gasteiger partial charge in [0.2, 0.25) is 11.4 Å². The number of aromatic nitrogens is 3. The topological polar surface area (TPSA) is 12.7 Å². The molecule has 3 heterocycles. The number of rotatable bonds is 5. The van der Waals surface area contributed by atoms with Gasteiger partial charge >= 0.3 is 6.33 Å². The van der Waals surface area contributed by atoms with Crippen LogP contribution in [0, 0.1) is 0 Å². The number of nitrogens with zero attached hydrogens (tertiary/aromatic N) is 3. The van der Waals surface area contributed by atoms with Gasteiger partial charge in [-0.2, -0.15) is 0 Å². The molecule has 0 spiro atoms. The average Bonchev–Trinajstić information content (AvgIpc) is 3.74. The molecule has 3 aromatic heterocycles. The van der Waals surface area contributed by atoms with Crippen molar-refractivity contribution in [1.82, 2.24) is 4.57 Å². The maximum absolute atomic E-state index is 2.37. The second-order valence-electron chi connectivity index (χ2n) is 12.8. The molecular formula is C46H31N3S+2. The third kappa shape index (κ3) is 4.80. The van der Waals surface area contributed by atoms with Crippen LogP contribution in [0.15, 0.2) is 189 Å². The smallest absolute Gasteiger partial charge is 0.309 e. The van der Waals surface area contributed by atoms with Crippen LogP contribution in [0.1, 0.15) is 0 Å². The van der Waals surface area contributed by atoms with Crippen molar-refractivity contribution < 1.29 is 9.13 Å². The summed E-state index contributed by atoms with van der Waals surface area (Å²) in [6.07, 6.45) is 6.67. The Balaban J connectivity index is 1.10. The third-order valence-electron chi connectivity index (χ3n) is 9.78. The third-order valence-corrected chi connectivity index (χ3v) is 10.9. The molecule has 4 heteroatoms. The Morgan fingerprint density at radius 3 is 1.58 bits per heavy atom. The Morgan fingerprint density at radius 2 is 0.900 bits per heavy atom. The van der Waals surface area contributed by atoms with Gasteiger partial charge in [0.15, 0.2) is 12.4 Å². The summed E-state index contributed by atoms with van der Waals surface area (Å²) in [5, 5.41) is 5.16. The number of para-hydroxylation sites is 2. The van der Waals surface area contributed by atoms with E-state index < -0.39 is 0 Å². The monoisotopic (exact) mass is 657 g/mol. The van der Waals surface area contributed by atoms with Crippen LogP contribution in [0.25, 0.3) is 81.3 Å². The summed E-state index contributed by atoms with van der Waals surface area (Å²) in [5.74, 6) is 0. The van der Waals surface area contributed by atoms with Gasteiger partial charge in [-0.1, -0.05) is 97.1 Å². The van der Waals surface area contributed by atoms with Crippen molar-refractivity contribution in [2.75, 3.05) is 0 Å². The number of hydrogen-bond donors (Lipinski definition) is 0. The molecule has 7 aromatic carbocycles. The Bertz CT molecular complexity index is 2790. The molecule has 0 bridgehead atoms. The molecule has 0 unspecified atom stereocenters. The first kappa shape index (κ1) is 28.6. The van der Waals surface area contributed by atoms with E-state index in [1.54, 1.807) is 0 Å². The SMILES string of the molecule is c1ccc(-c2ccc(-[n+]3cc(-c4ccc5c(c4)sc4ccccc45)c[n+](-c4ccc(-n5c6ccccc6c6ccccc65)cc4)c3)cc2)cc1. The van der Waals surface area contributed by atoms with Gasteiger partial charge in [0.25, 0.3) is 0 Å². The minimum Gasteiger partial charge on any atom is -0.309 e. The van der Waals surface area contributed by atoms with Gasteiger partial charge < -0.3 is 4.57 Å². The minimum atomic E-state index is 1.09. The molecule has 0 amide bonds. The lowest BCUT2D eigenvalue weighted by molar-refractivity contribution is -0.734. The summed E-state index contributed by atoms with van der Waals surface area (Å²) in [6, 6.07) is 61.2. The van der Waals surface area contributed by atoms with Gasteiger partial charge in [-0.15, -0.1) is 20.5 Å². The summed E-state index contributed by atoms with van der Waals surface area (Å²) in [5.41, 5.74) is 10.5. The molecule has 0 aliphatic carbocycles. The van der Waals surface area contributed by atoms with Crippen molar-refractivity contribution in [1.29, 1.82) is 0 Å². The molecular weight excluding hydrogens is 627 g/mol. The van der Waals surface area contributed by atoms with Crippen LogP contribution < -0.4 is 9.13 Å². The summed E-state index contributed by atoms with van der Waals surface area (Å²) in [7, 11) is 0. The number of fused-ring (bicyclic) bond motifs is 6. The van der Waals surface area contributed by atoms with Gasteiger partial charge in [-0.25, -0.2) is 0 Å². The predicted molar refractivity (Wildman–Crippen MR) is 208 cm³/mol. The average molecular weight is 658 g/mol. The van der Waals surface area contributed by atoms with Crippen molar-refractivity contribution in [3.05, 3.63) is 189 Å². The molecule has 50 heavy (non-hydrogen) atoms. The van der Waals surface area contributed by atoms with E-state index in [9.17, 15) is 0 Å². The van der Waals surface area contributed by atoms with Crippen LogP contribution in [-0.2, 0) is 0 Å². The second-order valence-corrected chi connectivity index (χ2v) is 13.8. The molecule has 0 aliphatic heterocycles. The van der Waals surface area contributed by atoms with E-state index in [1.807, 2.05) is 11.3 Å². The normalized spacial score (nSPS) is 11.6. The van der Waals surface area contributed by atoms with E-state index in [1.165, 1.54) is 58.7 Å². The van der Waals surface area contributed by atoms with Crippen molar-refractivity contribution in [3.63, 3.8) is 0 Å². The van der Waals surface area contributed by atoms with Crippen molar-refractivity contribution in [2.45, 2.75) is 0 Å². The van der Waals surface area contributed by atoms with Crippen molar-refractivity contribution >= 4 is 53.3 Å². The lowest BCUT2D eigenvalue weighted by Gasteiger charge is -2.08. The van der Waals surface area contributed by atoms with E-state index in [0.29, 0.717) is 0 Å². The van der Waals surface area contributed by atoms with Gasteiger partial charge in [0, 0.05) is 60.9 Å². The summed E-state index contributed by atoms with van der Waals surface area (Å²) in [4.78, 5) is 0. The molecule has 0 aliphatic rings. The highest BCUT2D eigenvalue weighted by Gasteiger charge is 2.21. The van der Waals surface area contributed by atoms with Gasteiger partial charge in [-0.3, -0.25) is 0 Å². The van der Waals surface area contributed by atoms with Crippen LogP contribution in [-0.4, -0.2) is 4.57 Å². The molecule has 0 fully saturated rings. The number of thiophene rings is 1. The predicted octanol–water partition coefficient (Wildman–Crippen LogP) is 11.0. The van der Waals surface area contributed by atoms with Crippen LogP contribution in [0.5, 0.6) is 0 Å². The van der Waals surface area contributed by atoms with E-state index in [-0.39, 0.29) is 0 Å². The summed E-state index contributed by atoms with van der Waals surface area (Å²) in [6.45, 7) is 0. The van der Waals surface area contributed by atoms with Crippen LogP contribution in [0.3, 0.4) is 0 Å². The van der Waals surface area contributed by atoms with E-state index in [2.05, 4.69) is 202 Å². The quantitative estimate of drug-likeness (QED) is 0.163. The Labute approximate surface area is 293 Å². The molecule has 0 saturated carbocycles. The van der Waals surface area contributed by atoms with E-state index in [4.69, 9.17) is 0 Å². The fraction of sp³-hybridized carbons (Fsp3) is 0. The fourth-order valence-corrected chi connectivity index (χ4v) is 8.45. The first-order chi connectivity index (χ1) is 24.8. The van der Waals surface area contributed by atoms with Crippen LogP contribution in [0.2, 0.25) is 0 Å². The number of hydrogen-bond acceptors (Lipinski definition) is 1. The molecule has 0 radical (unpaired) electrons. The lowest BCUT2D eigenvalue weighted by Crippen LogP contribution is -2.44. The molecule has 0 atom stereocenters. The fourth-order valence-electron chi connectivity index (χ4n) is 7.30. The highest BCUT2D eigenvalue weighted by Crippen LogP contribution is 2.36. The standard InChI is InChI=1S/C46H31N3S/c1-2-10-32(11-3-1)33-18-21-36(22-19-33)47-29-35(34-20-27-42-41-14-6-9-17-45(41)50-46(42)28-34)30-48(31-47)37-23-25-38(26-24-37)49-43-15-7-4-12-39(43)40-13-5-8-16-44(40)49/h1-31H/q+2. The zero-order chi connectivity index (χ0) is 33.0. The largest absolute Gasteiger partial charge is 0.418 e. The number of benzene rings is 7. The highest BCUT2D eigenvalue weighted by molar-refractivity contribution is 7.25. The molecule has 234 valence electrons. The van der Waals surface area contributed by atoms with Crippen LogP contribution >= 0.6 is 11.3 Å². The molecule has 0 N–H and O–H groups in total. The summed E-state index contributed by atoms with van der Waals surface area (Å²) >= 11 is 1.86. The molecule has 0 saturated heterocycles. The Kier molecular flexibility index (Phi) is 6.68. The van der Waals surface area contributed by atoms with Crippen molar-refractivity contribution in [2.24, 2.45) is 0 Å². The second kappa shape index (κ2) is 11.7. The van der Waals surface area contributed by atoms with Crippen LogP contribution in [0.4, 0.5) is 0 Å². The van der Waals surface area contributed by atoms with Gasteiger partial charge in [0.1, 0.15) is 5.56 Å². The highest BCUT2D eigenvalue weighted by atomic mass is 32.1. The molecule has 3 nitrogen and oxygen atoms in total. The summed E-state index contributed by atoms with van der Waals surface area (Å²) < 4.78 is 9.46. The molecule has 10 aromatic rings. The maximum atomic E-state index is 2.37. The minimum absolute atomic E-state index is 1.09. The van der Waals surface area contributed by atoms with E-state index in [0.717, 1.165) is 22.6 Å².